The molecule has 0 saturated heterocycles. The molecule has 0 N–H and O–H groups in total. The van der Waals surface area contributed by atoms with Crippen molar-refractivity contribution in [3.63, 3.8) is 0 Å². The summed E-state index contributed by atoms with van der Waals surface area (Å²) in [6.07, 6.45) is 5.14. The largest absolute Gasteiger partial charge is 0.461 e. The molecule has 0 aromatic carbocycles. The molecule has 2 heteroatoms. The lowest BCUT2D eigenvalue weighted by molar-refractivity contribution is -0.151. The maximum Gasteiger partial charge on any atom is 0.311 e. The summed E-state index contributed by atoms with van der Waals surface area (Å²) in [6, 6.07) is 0. The SMILES string of the molecule is C=C/C=C/COC(=O)C(C)(C)C. The highest BCUT2D eigenvalue weighted by atomic mass is 16.5. The van der Waals surface area contributed by atoms with Gasteiger partial charge in [-0.05, 0) is 26.8 Å². The van der Waals surface area contributed by atoms with Crippen molar-refractivity contribution in [1.29, 1.82) is 0 Å². The van der Waals surface area contributed by atoms with Crippen LogP contribution in [0.4, 0.5) is 0 Å². The Labute approximate surface area is 73.9 Å². The van der Waals surface area contributed by atoms with Crippen molar-refractivity contribution in [3.05, 3.63) is 24.8 Å². The van der Waals surface area contributed by atoms with Gasteiger partial charge in [-0.3, -0.25) is 4.79 Å². The van der Waals surface area contributed by atoms with Crippen LogP contribution in [0.1, 0.15) is 20.8 Å². The van der Waals surface area contributed by atoms with E-state index in [-0.39, 0.29) is 5.97 Å². The van der Waals surface area contributed by atoms with E-state index in [4.69, 9.17) is 4.74 Å². The third kappa shape index (κ3) is 4.72. The first-order chi connectivity index (χ1) is 5.48. The van der Waals surface area contributed by atoms with E-state index in [1.165, 1.54) is 0 Å². The average Bonchev–Trinajstić information content (AvgIpc) is 1.96. The molecule has 0 saturated carbocycles. The van der Waals surface area contributed by atoms with E-state index >= 15 is 0 Å². The molecule has 68 valence electrons. The maximum absolute atomic E-state index is 11.1. The van der Waals surface area contributed by atoms with Crippen molar-refractivity contribution >= 4 is 5.97 Å². The number of ether oxygens (including phenoxy) is 1. The molecule has 0 bridgehead atoms. The minimum atomic E-state index is -0.415. The van der Waals surface area contributed by atoms with Crippen molar-refractivity contribution in [1.82, 2.24) is 0 Å². The zero-order chi connectivity index (χ0) is 9.61. The Bertz CT molecular complexity index is 185. The number of carbonyl (C=O) groups excluding carboxylic acids is 1. The van der Waals surface area contributed by atoms with E-state index in [0.29, 0.717) is 6.61 Å². The Kier molecular flexibility index (Phi) is 4.34. The highest BCUT2D eigenvalue weighted by Gasteiger charge is 2.22. The molecule has 0 radical (unpaired) electrons. The van der Waals surface area contributed by atoms with Crippen molar-refractivity contribution in [2.75, 3.05) is 6.61 Å². The van der Waals surface area contributed by atoms with Gasteiger partial charge in [0.25, 0.3) is 0 Å². The molecule has 12 heavy (non-hydrogen) atoms. The van der Waals surface area contributed by atoms with Crippen molar-refractivity contribution < 1.29 is 9.53 Å². The van der Waals surface area contributed by atoms with E-state index in [0.717, 1.165) is 0 Å². The molecule has 0 fully saturated rings. The smallest absolute Gasteiger partial charge is 0.311 e. The van der Waals surface area contributed by atoms with Gasteiger partial charge in [0.2, 0.25) is 0 Å². The molecule has 0 heterocycles. The topological polar surface area (TPSA) is 26.3 Å². The van der Waals surface area contributed by atoms with Gasteiger partial charge in [0.15, 0.2) is 0 Å². The van der Waals surface area contributed by atoms with Crippen LogP contribution in [-0.2, 0) is 9.53 Å². The van der Waals surface area contributed by atoms with E-state index in [9.17, 15) is 4.79 Å². The highest BCUT2D eigenvalue weighted by molar-refractivity contribution is 5.75. The summed E-state index contributed by atoms with van der Waals surface area (Å²) < 4.78 is 4.94. The first kappa shape index (κ1) is 11.0. The quantitative estimate of drug-likeness (QED) is 0.477. The van der Waals surface area contributed by atoms with Crippen LogP contribution in [0.2, 0.25) is 0 Å². The Morgan fingerprint density at radius 3 is 2.50 bits per heavy atom. The molecule has 0 aliphatic heterocycles. The van der Waals surface area contributed by atoms with Gasteiger partial charge in [0, 0.05) is 0 Å². The lowest BCUT2D eigenvalue weighted by atomic mass is 9.97. The summed E-state index contributed by atoms with van der Waals surface area (Å²) in [6.45, 7) is 9.30. The number of allylic oxidation sites excluding steroid dienone is 2. The van der Waals surface area contributed by atoms with Crippen LogP contribution in [0, 0.1) is 5.41 Å². The molecule has 0 amide bonds. The van der Waals surface area contributed by atoms with Crippen molar-refractivity contribution in [2.24, 2.45) is 5.41 Å². The Morgan fingerprint density at radius 2 is 2.08 bits per heavy atom. The number of hydrogen-bond acceptors (Lipinski definition) is 2. The fourth-order valence-corrected chi connectivity index (χ4v) is 0.492. The molecule has 0 spiro atoms. The van der Waals surface area contributed by atoms with Crippen LogP contribution in [0.25, 0.3) is 0 Å². The lowest BCUT2D eigenvalue weighted by Gasteiger charge is -2.15. The van der Waals surface area contributed by atoms with E-state index in [1.807, 2.05) is 20.8 Å². The molecule has 0 atom stereocenters. The van der Waals surface area contributed by atoms with Crippen LogP contribution < -0.4 is 0 Å². The van der Waals surface area contributed by atoms with Gasteiger partial charge in [-0.2, -0.15) is 0 Å². The standard InChI is InChI=1S/C10H16O2/c1-5-6-7-8-12-9(11)10(2,3)4/h5-7H,1,8H2,2-4H3/b7-6+. The zero-order valence-corrected chi connectivity index (χ0v) is 7.96. The fraction of sp³-hybridized carbons (Fsp3) is 0.500. The van der Waals surface area contributed by atoms with Crippen molar-refractivity contribution in [2.45, 2.75) is 20.8 Å². The van der Waals surface area contributed by atoms with Gasteiger partial charge in [-0.25, -0.2) is 0 Å². The molecule has 0 aromatic heterocycles. The van der Waals surface area contributed by atoms with Crippen molar-refractivity contribution in [3.8, 4) is 0 Å². The predicted molar refractivity (Wildman–Crippen MR) is 49.8 cm³/mol. The highest BCUT2D eigenvalue weighted by Crippen LogP contribution is 2.14. The Balaban J connectivity index is 3.73. The summed E-state index contributed by atoms with van der Waals surface area (Å²) in [5.74, 6) is -0.184. The predicted octanol–water partition coefficient (Wildman–Crippen LogP) is 2.32. The average molecular weight is 168 g/mol. The first-order valence-corrected chi connectivity index (χ1v) is 3.93. The lowest BCUT2D eigenvalue weighted by Crippen LogP contribution is -2.22. The summed E-state index contributed by atoms with van der Waals surface area (Å²) in [5, 5.41) is 0. The number of esters is 1. The third-order valence-corrected chi connectivity index (χ3v) is 1.20. The van der Waals surface area contributed by atoms with Gasteiger partial charge in [-0.1, -0.05) is 18.7 Å². The second kappa shape index (κ2) is 4.75. The molecule has 2 nitrogen and oxygen atoms in total. The van der Waals surface area contributed by atoms with Crippen LogP contribution in [0.5, 0.6) is 0 Å². The fourth-order valence-electron chi connectivity index (χ4n) is 0.492. The van der Waals surface area contributed by atoms with Gasteiger partial charge in [0.1, 0.15) is 6.61 Å². The summed E-state index contributed by atoms with van der Waals surface area (Å²) >= 11 is 0. The molecule has 0 unspecified atom stereocenters. The molecular formula is C10H16O2. The minimum Gasteiger partial charge on any atom is -0.461 e. The van der Waals surface area contributed by atoms with Crippen LogP contribution in [0.3, 0.4) is 0 Å². The first-order valence-electron chi connectivity index (χ1n) is 3.93. The molecule has 0 aliphatic carbocycles. The number of rotatable bonds is 3. The van der Waals surface area contributed by atoms with Crippen LogP contribution in [0.15, 0.2) is 24.8 Å². The second-order valence-electron chi connectivity index (χ2n) is 3.51. The third-order valence-electron chi connectivity index (χ3n) is 1.20. The summed E-state index contributed by atoms with van der Waals surface area (Å²) in [4.78, 5) is 11.1. The van der Waals surface area contributed by atoms with E-state index in [2.05, 4.69) is 6.58 Å². The number of carbonyl (C=O) groups is 1. The second-order valence-corrected chi connectivity index (χ2v) is 3.51. The van der Waals surface area contributed by atoms with E-state index in [1.54, 1.807) is 18.2 Å². The van der Waals surface area contributed by atoms with Gasteiger partial charge < -0.3 is 4.74 Å². The van der Waals surface area contributed by atoms with Crippen LogP contribution >= 0.6 is 0 Å². The monoisotopic (exact) mass is 168 g/mol. The van der Waals surface area contributed by atoms with Gasteiger partial charge >= 0.3 is 5.97 Å². The Morgan fingerprint density at radius 1 is 1.50 bits per heavy atom. The molecule has 0 aliphatic rings. The number of hydrogen-bond donors (Lipinski definition) is 0. The van der Waals surface area contributed by atoms with Gasteiger partial charge in [-0.15, -0.1) is 0 Å². The van der Waals surface area contributed by atoms with E-state index < -0.39 is 5.41 Å². The maximum atomic E-state index is 11.1. The summed E-state index contributed by atoms with van der Waals surface area (Å²) in [5.41, 5.74) is -0.415. The van der Waals surface area contributed by atoms with Gasteiger partial charge in [0.05, 0.1) is 5.41 Å². The zero-order valence-electron chi connectivity index (χ0n) is 7.96. The Hall–Kier alpha value is -1.05. The summed E-state index contributed by atoms with van der Waals surface area (Å²) in [7, 11) is 0. The molecule has 0 aromatic rings. The van der Waals surface area contributed by atoms with Crippen LogP contribution in [-0.4, -0.2) is 12.6 Å². The normalized spacial score (nSPS) is 11.6. The molecule has 0 rings (SSSR count). The minimum absolute atomic E-state index is 0.184. The molecular weight excluding hydrogens is 152 g/mol.